The Balaban J connectivity index is 4.59. The lowest BCUT2D eigenvalue weighted by atomic mass is 10.5. The summed E-state index contributed by atoms with van der Waals surface area (Å²) in [5.74, 6) is 0.647. The van der Waals surface area contributed by atoms with Crippen LogP contribution in [0.2, 0.25) is 36.3 Å². The molecule has 0 heterocycles. The molecule has 0 aliphatic heterocycles. The Morgan fingerprint density at radius 1 is 0.864 bits per heavy atom. The summed E-state index contributed by atoms with van der Waals surface area (Å²) in [6.07, 6.45) is 1.90. The molecule has 0 aromatic heterocycles. The maximum Gasteiger partial charge on any atom is 0.260 e. The molecular weight excluding hydrogens is 308 g/mol. The van der Waals surface area contributed by atoms with Gasteiger partial charge in [0.1, 0.15) is 6.61 Å². The van der Waals surface area contributed by atoms with E-state index >= 15 is 0 Å². The number of rotatable bonds is 10. The molecule has 0 saturated carbocycles. The zero-order valence-electron chi connectivity index (χ0n) is 16.4. The highest BCUT2D eigenvalue weighted by molar-refractivity contribution is 6.77. The fraction of sp³-hybridized carbons (Fsp3) is 0.882. The van der Waals surface area contributed by atoms with Crippen LogP contribution in [0.1, 0.15) is 48.5 Å². The summed E-state index contributed by atoms with van der Waals surface area (Å²) in [5, 5.41) is 0. The van der Waals surface area contributed by atoms with Gasteiger partial charge in [-0.15, -0.1) is 0 Å². The van der Waals surface area contributed by atoms with Crippen LogP contribution in [0.25, 0.3) is 0 Å². The van der Waals surface area contributed by atoms with Crippen LogP contribution in [0.15, 0.2) is 12.0 Å². The van der Waals surface area contributed by atoms with Crippen LogP contribution in [0.5, 0.6) is 0 Å². The van der Waals surface area contributed by atoms with Crippen molar-refractivity contribution >= 4 is 16.6 Å². The summed E-state index contributed by atoms with van der Waals surface area (Å²) < 4.78 is 18.1. The third-order valence-corrected chi connectivity index (χ3v) is 11.0. The predicted molar refractivity (Wildman–Crippen MR) is 101 cm³/mol. The molecular formula is C17H38O3Si2. The molecule has 0 fully saturated rings. The van der Waals surface area contributed by atoms with Crippen molar-refractivity contribution in [3.8, 4) is 0 Å². The second-order valence-corrected chi connectivity index (χ2v) is 17.7. The number of ether oxygens (including phenoxy) is 1. The highest BCUT2D eigenvalue weighted by Gasteiger charge is 2.44. The molecule has 0 aliphatic carbocycles. The lowest BCUT2D eigenvalue weighted by molar-refractivity contribution is 0.0747. The van der Waals surface area contributed by atoms with Crippen LogP contribution in [-0.4, -0.2) is 29.8 Å². The molecule has 3 nitrogen and oxygen atoms in total. The standard InChI is InChI=1S/C17H38O3Si2/c1-11-17(20-21(8,9)10)18-12-13-19-22(14(2)3,15(4)5)16(6)7/h11,14-16H,12-13H2,1-10H3/b17-11+. The second-order valence-electron chi connectivity index (χ2n) is 7.84. The molecule has 132 valence electrons. The molecule has 0 aromatic carbocycles. The van der Waals surface area contributed by atoms with Gasteiger partial charge in [-0.3, -0.25) is 0 Å². The summed E-state index contributed by atoms with van der Waals surface area (Å²) in [6.45, 7) is 23.5. The molecule has 5 heteroatoms. The van der Waals surface area contributed by atoms with Gasteiger partial charge in [0, 0.05) is 0 Å². The molecule has 0 unspecified atom stereocenters. The molecule has 0 radical (unpaired) electrons. The molecule has 0 saturated heterocycles. The van der Waals surface area contributed by atoms with E-state index in [1.54, 1.807) is 0 Å². The topological polar surface area (TPSA) is 27.7 Å². The molecule has 0 amide bonds. The van der Waals surface area contributed by atoms with E-state index in [4.69, 9.17) is 13.6 Å². The zero-order chi connectivity index (χ0) is 17.6. The summed E-state index contributed by atoms with van der Waals surface area (Å²) in [6, 6.07) is 0. The van der Waals surface area contributed by atoms with Crippen molar-refractivity contribution in [2.45, 2.75) is 84.7 Å². The van der Waals surface area contributed by atoms with Gasteiger partial charge in [0.25, 0.3) is 5.95 Å². The van der Waals surface area contributed by atoms with Crippen LogP contribution in [0, 0.1) is 0 Å². The van der Waals surface area contributed by atoms with E-state index in [1.165, 1.54) is 0 Å². The summed E-state index contributed by atoms with van der Waals surface area (Å²) in [7, 11) is -3.41. The Morgan fingerprint density at radius 2 is 1.32 bits per heavy atom. The molecule has 0 bridgehead atoms. The molecule has 0 aliphatic rings. The molecule has 0 aromatic rings. The molecule has 22 heavy (non-hydrogen) atoms. The average molecular weight is 347 g/mol. The Bertz CT molecular complexity index is 323. The lowest BCUT2D eigenvalue weighted by Gasteiger charge is -2.42. The van der Waals surface area contributed by atoms with Crippen molar-refractivity contribution in [1.29, 1.82) is 0 Å². The Morgan fingerprint density at radius 3 is 1.64 bits per heavy atom. The van der Waals surface area contributed by atoms with Gasteiger partial charge in [0.05, 0.1) is 6.61 Å². The van der Waals surface area contributed by atoms with E-state index in [1.807, 2.05) is 13.0 Å². The lowest BCUT2D eigenvalue weighted by Crippen LogP contribution is -2.48. The highest BCUT2D eigenvalue weighted by atomic mass is 28.4. The first-order valence-electron chi connectivity index (χ1n) is 8.59. The van der Waals surface area contributed by atoms with Gasteiger partial charge in [-0.1, -0.05) is 41.5 Å². The minimum absolute atomic E-state index is 0.561. The van der Waals surface area contributed by atoms with E-state index in [2.05, 4.69) is 61.2 Å². The Hall–Kier alpha value is -0.266. The van der Waals surface area contributed by atoms with Crippen molar-refractivity contribution in [2.24, 2.45) is 0 Å². The van der Waals surface area contributed by atoms with Gasteiger partial charge in [-0.2, -0.15) is 0 Å². The van der Waals surface area contributed by atoms with Crippen molar-refractivity contribution in [3.05, 3.63) is 12.0 Å². The Labute approximate surface area is 140 Å². The quantitative estimate of drug-likeness (QED) is 0.280. The molecule has 0 atom stereocenters. The Kier molecular flexibility index (Phi) is 9.02. The van der Waals surface area contributed by atoms with Crippen LogP contribution in [0.4, 0.5) is 0 Å². The predicted octanol–water partition coefficient (Wildman–Crippen LogP) is 5.91. The van der Waals surface area contributed by atoms with Crippen molar-refractivity contribution in [2.75, 3.05) is 13.2 Å². The second kappa shape index (κ2) is 9.13. The smallest absolute Gasteiger partial charge is 0.260 e. The minimum atomic E-state index is -1.79. The SMILES string of the molecule is C/C=C(\OCCO[Si](C(C)C)(C(C)C)C(C)C)O[Si](C)(C)C. The maximum absolute atomic E-state index is 6.48. The first kappa shape index (κ1) is 21.7. The van der Waals surface area contributed by atoms with E-state index < -0.39 is 16.6 Å². The number of hydrogen-bond acceptors (Lipinski definition) is 3. The zero-order valence-corrected chi connectivity index (χ0v) is 18.4. The normalized spacial score (nSPS) is 14.1. The molecule has 0 spiro atoms. The first-order valence-corrected chi connectivity index (χ1v) is 14.1. The summed E-state index contributed by atoms with van der Waals surface area (Å²) >= 11 is 0. The molecule has 0 N–H and O–H groups in total. The van der Waals surface area contributed by atoms with Gasteiger partial charge >= 0.3 is 0 Å². The minimum Gasteiger partial charge on any atom is -0.520 e. The van der Waals surface area contributed by atoms with Gasteiger partial charge in [-0.25, -0.2) is 0 Å². The third kappa shape index (κ3) is 6.46. The van der Waals surface area contributed by atoms with Gasteiger partial charge < -0.3 is 13.6 Å². The van der Waals surface area contributed by atoms with Gasteiger partial charge in [-0.05, 0) is 49.3 Å². The van der Waals surface area contributed by atoms with Crippen molar-refractivity contribution < 1.29 is 13.6 Å². The van der Waals surface area contributed by atoms with Crippen LogP contribution >= 0.6 is 0 Å². The van der Waals surface area contributed by atoms with Gasteiger partial charge in [0.2, 0.25) is 8.32 Å². The third-order valence-electron chi connectivity index (χ3n) is 4.03. The van der Waals surface area contributed by atoms with E-state index in [9.17, 15) is 0 Å². The first-order chi connectivity index (χ1) is 9.97. The van der Waals surface area contributed by atoms with Gasteiger partial charge in [0.15, 0.2) is 8.32 Å². The highest BCUT2D eigenvalue weighted by Crippen LogP contribution is 2.42. The van der Waals surface area contributed by atoms with Crippen LogP contribution in [0.3, 0.4) is 0 Å². The largest absolute Gasteiger partial charge is 0.520 e. The average Bonchev–Trinajstić information content (AvgIpc) is 2.34. The monoisotopic (exact) mass is 346 g/mol. The van der Waals surface area contributed by atoms with Crippen LogP contribution in [-0.2, 0) is 13.6 Å². The van der Waals surface area contributed by atoms with Crippen molar-refractivity contribution in [3.63, 3.8) is 0 Å². The fourth-order valence-corrected chi connectivity index (χ4v) is 9.55. The van der Waals surface area contributed by atoms with Crippen molar-refractivity contribution in [1.82, 2.24) is 0 Å². The fourth-order valence-electron chi connectivity index (χ4n) is 3.33. The number of hydrogen-bond donors (Lipinski definition) is 0. The van der Waals surface area contributed by atoms with E-state index in [-0.39, 0.29) is 0 Å². The molecule has 0 rings (SSSR count). The van der Waals surface area contributed by atoms with E-state index in [0.29, 0.717) is 35.8 Å². The van der Waals surface area contributed by atoms with E-state index in [0.717, 1.165) is 0 Å². The summed E-state index contributed by atoms with van der Waals surface area (Å²) in [5.41, 5.74) is 1.81. The number of allylic oxidation sites excluding steroid dienone is 1. The van der Waals surface area contributed by atoms with Crippen LogP contribution < -0.4 is 0 Å². The summed E-state index contributed by atoms with van der Waals surface area (Å²) in [4.78, 5) is 0. The maximum atomic E-state index is 6.48.